The van der Waals surface area contributed by atoms with Crippen LogP contribution in [0.1, 0.15) is 75.0 Å². The number of methoxy groups -OCH3 is 1. The number of benzene rings is 1. The Morgan fingerprint density at radius 1 is 1.22 bits per heavy atom. The van der Waals surface area contributed by atoms with Crippen molar-refractivity contribution in [2.45, 2.75) is 65.9 Å². The van der Waals surface area contributed by atoms with Gasteiger partial charge in [0.1, 0.15) is 11.4 Å². The van der Waals surface area contributed by atoms with Gasteiger partial charge in [0, 0.05) is 39.4 Å². The zero-order valence-electron chi connectivity index (χ0n) is 23.0. The van der Waals surface area contributed by atoms with Crippen LogP contribution in [-0.4, -0.2) is 54.1 Å². The molecular weight excluding hydrogens is 466 g/mol. The van der Waals surface area contributed by atoms with E-state index in [1.54, 1.807) is 38.6 Å². The minimum Gasteiger partial charge on any atom is -0.490 e. The number of hydrogen-bond donors (Lipinski definition) is 0. The Balaban J connectivity index is 0.000000365. The van der Waals surface area contributed by atoms with Gasteiger partial charge in [0.25, 0.3) is 0 Å². The molecule has 1 aromatic heterocycles. The number of nitriles is 2. The van der Waals surface area contributed by atoms with Crippen LogP contribution in [0.25, 0.3) is 11.4 Å². The second-order valence-corrected chi connectivity index (χ2v) is 9.58. The van der Waals surface area contributed by atoms with Gasteiger partial charge in [-0.25, -0.2) is 9.97 Å². The SMILES string of the molecule is CC1CCN(C#N)C1.CCc1cnc(-c2cc(C#N)ccc2OC2CC2)nc1C(=O)C(C)CC.COC. The van der Waals surface area contributed by atoms with Crippen molar-refractivity contribution in [2.75, 3.05) is 27.3 Å². The third-order valence-electron chi connectivity index (χ3n) is 6.27. The summed E-state index contributed by atoms with van der Waals surface area (Å²) in [7, 11) is 3.25. The zero-order chi connectivity index (χ0) is 27.4. The second kappa shape index (κ2) is 14.9. The van der Waals surface area contributed by atoms with Crippen molar-refractivity contribution >= 4 is 5.78 Å². The third-order valence-corrected chi connectivity index (χ3v) is 6.27. The molecule has 2 aliphatic rings. The molecule has 2 atom stereocenters. The number of aryl methyl sites for hydroxylation is 1. The molecule has 1 aliphatic carbocycles. The Morgan fingerprint density at radius 3 is 2.41 bits per heavy atom. The van der Waals surface area contributed by atoms with E-state index in [0.717, 1.165) is 43.8 Å². The highest BCUT2D eigenvalue weighted by atomic mass is 16.5. The fourth-order valence-corrected chi connectivity index (χ4v) is 3.70. The average molecular weight is 506 g/mol. The topological polar surface area (TPSA) is 112 Å². The highest BCUT2D eigenvalue weighted by Gasteiger charge is 2.26. The van der Waals surface area contributed by atoms with E-state index in [1.807, 2.05) is 25.7 Å². The lowest BCUT2D eigenvalue weighted by Gasteiger charge is -2.14. The number of carbonyl (C=O) groups is 1. The summed E-state index contributed by atoms with van der Waals surface area (Å²) in [5.41, 5.74) is 2.50. The lowest BCUT2D eigenvalue weighted by atomic mass is 9.97. The Morgan fingerprint density at radius 2 is 1.92 bits per heavy atom. The largest absolute Gasteiger partial charge is 0.490 e. The summed E-state index contributed by atoms with van der Waals surface area (Å²) in [5.74, 6) is 1.78. The fraction of sp³-hybridized carbons (Fsp3) is 0.552. The van der Waals surface area contributed by atoms with Gasteiger partial charge >= 0.3 is 0 Å². The Hall–Kier alpha value is -3.49. The Bertz CT molecular complexity index is 1120. The minimum atomic E-state index is -0.0873. The summed E-state index contributed by atoms with van der Waals surface area (Å²) < 4.78 is 10.2. The lowest BCUT2D eigenvalue weighted by Crippen LogP contribution is -2.16. The van der Waals surface area contributed by atoms with Gasteiger partial charge < -0.3 is 14.4 Å². The van der Waals surface area contributed by atoms with E-state index >= 15 is 0 Å². The Labute approximate surface area is 221 Å². The number of hydrogen-bond acceptors (Lipinski definition) is 8. The molecule has 0 spiro atoms. The van der Waals surface area contributed by atoms with E-state index in [4.69, 9.17) is 10.00 Å². The summed E-state index contributed by atoms with van der Waals surface area (Å²) >= 11 is 0. The summed E-state index contributed by atoms with van der Waals surface area (Å²) in [6.45, 7) is 10.0. The highest BCUT2D eigenvalue weighted by Crippen LogP contribution is 2.34. The van der Waals surface area contributed by atoms with Crippen LogP contribution in [0.15, 0.2) is 24.4 Å². The molecule has 2 aromatic rings. The molecule has 1 aromatic carbocycles. The predicted molar refractivity (Wildman–Crippen MR) is 143 cm³/mol. The molecule has 0 radical (unpaired) electrons. The summed E-state index contributed by atoms with van der Waals surface area (Å²) in [6, 6.07) is 7.39. The standard InChI is InChI=1S/C21H23N3O2.C6H10N2.C2H6O/c1-4-13(3)20(25)19-15(5-2)12-23-21(24-19)17-10-14(11-22)6-9-18(17)26-16-7-8-16;1-6-2-3-8(4-6)5-7;1-3-2/h6,9-10,12-13,16H,4-5,7-8H2,1-3H3;6H,2-4H2,1H3;1-2H3. The van der Waals surface area contributed by atoms with Crippen molar-refractivity contribution in [3.63, 3.8) is 0 Å². The number of ketones is 1. The van der Waals surface area contributed by atoms with Crippen LogP contribution in [0.2, 0.25) is 0 Å². The van der Waals surface area contributed by atoms with Crippen LogP contribution in [0.5, 0.6) is 5.75 Å². The smallest absolute Gasteiger partial charge is 0.184 e. The number of rotatable bonds is 7. The van der Waals surface area contributed by atoms with Crippen molar-refractivity contribution in [1.82, 2.24) is 14.9 Å². The van der Waals surface area contributed by atoms with Crippen molar-refractivity contribution < 1.29 is 14.3 Å². The first kappa shape index (κ1) is 29.7. The predicted octanol–water partition coefficient (Wildman–Crippen LogP) is 5.42. The molecule has 8 nitrogen and oxygen atoms in total. The number of aromatic nitrogens is 2. The third kappa shape index (κ3) is 8.84. The molecule has 2 heterocycles. The highest BCUT2D eigenvalue weighted by molar-refractivity contribution is 5.97. The first-order valence-corrected chi connectivity index (χ1v) is 13.0. The normalized spacial score (nSPS) is 16.8. The van der Waals surface area contributed by atoms with Crippen LogP contribution >= 0.6 is 0 Å². The molecular formula is C29H39N5O3. The average Bonchev–Trinajstić information content (AvgIpc) is 3.64. The molecule has 0 N–H and O–H groups in total. The second-order valence-electron chi connectivity index (χ2n) is 9.58. The van der Waals surface area contributed by atoms with E-state index in [9.17, 15) is 10.1 Å². The van der Waals surface area contributed by atoms with Crippen LogP contribution in [0, 0.1) is 34.6 Å². The molecule has 198 valence electrons. The molecule has 1 saturated heterocycles. The number of likely N-dealkylation sites (tertiary alicyclic amines) is 1. The molecule has 2 fully saturated rings. The van der Waals surface area contributed by atoms with Crippen LogP contribution in [0.4, 0.5) is 0 Å². The van der Waals surface area contributed by atoms with Crippen LogP contribution in [-0.2, 0) is 11.2 Å². The summed E-state index contributed by atoms with van der Waals surface area (Å²) in [5, 5.41) is 17.6. The van der Waals surface area contributed by atoms with E-state index < -0.39 is 0 Å². The monoisotopic (exact) mass is 505 g/mol. The van der Waals surface area contributed by atoms with E-state index in [-0.39, 0.29) is 17.8 Å². The quantitative estimate of drug-likeness (QED) is 0.362. The van der Waals surface area contributed by atoms with Gasteiger partial charge in [-0.2, -0.15) is 10.5 Å². The van der Waals surface area contributed by atoms with Crippen molar-refractivity contribution in [1.29, 1.82) is 10.5 Å². The molecule has 1 saturated carbocycles. The van der Waals surface area contributed by atoms with Gasteiger partial charge in [-0.15, -0.1) is 0 Å². The maximum atomic E-state index is 12.8. The Kier molecular flexibility index (Phi) is 12.0. The number of Topliss-reactive ketones (excluding diaryl/α,β-unsaturated/α-hetero) is 1. The van der Waals surface area contributed by atoms with E-state index in [1.165, 1.54) is 6.42 Å². The van der Waals surface area contributed by atoms with Gasteiger partial charge in [-0.05, 0) is 61.8 Å². The van der Waals surface area contributed by atoms with Gasteiger partial charge in [-0.1, -0.05) is 27.7 Å². The summed E-state index contributed by atoms with van der Waals surface area (Å²) in [4.78, 5) is 23.6. The van der Waals surface area contributed by atoms with E-state index in [0.29, 0.717) is 34.8 Å². The molecule has 0 amide bonds. The molecule has 2 unspecified atom stereocenters. The van der Waals surface area contributed by atoms with Gasteiger partial charge in [0.05, 0.1) is 23.3 Å². The molecule has 0 bridgehead atoms. The molecule has 8 heteroatoms. The number of ether oxygens (including phenoxy) is 2. The van der Waals surface area contributed by atoms with Crippen molar-refractivity contribution in [3.05, 3.63) is 41.2 Å². The zero-order valence-corrected chi connectivity index (χ0v) is 23.0. The van der Waals surface area contributed by atoms with Gasteiger partial charge in [0.2, 0.25) is 0 Å². The number of carbonyl (C=O) groups excluding carboxylic acids is 1. The van der Waals surface area contributed by atoms with Gasteiger partial charge in [0.15, 0.2) is 17.8 Å². The summed E-state index contributed by atoms with van der Waals surface area (Å²) in [6.07, 6.45) is 8.79. The maximum absolute atomic E-state index is 12.8. The van der Waals surface area contributed by atoms with Crippen molar-refractivity contribution in [3.8, 4) is 29.4 Å². The van der Waals surface area contributed by atoms with Gasteiger partial charge in [-0.3, -0.25) is 4.79 Å². The minimum absolute atomic E-state index is 0.0362. The molecule has 37 heavy (non-hydrogen) atoms. The fourth-order valence-electron chi connectivity index (χ4n) is 3.70. The van der Waals surface area contributed by atoms with Crippen LogP contribution < -0.4 is 4.74 Å². The molecule has 4 rings (SSSR count). The lowest BCUT2D eigenvalue weighted by molar-refractivity contribution is 0.0921. The van der Waals surface area contributed by atoms with Crippen LogP contribution in [0.3, 0.4) is 0 Å². The van der Waals surface area contributed by atoms with Crippen molar-refractivity contribution in [2.24, 2.45) is 11.8 Å². The number of nitrogens with zero attached hydrogens (tertiary/aromatic N) is 5. The first-order valence-electron chi connectivity index (χ1n) is 13.0. The maximum Gasteiger partial charge on any atom is 0.184 e. The molecule has 1 aliphatic heterocycles. The first-order chi connectivity index (χ1) is 17.8. The van der Waals surface area contributed by atoms with E-state index in [2.05, 4.69) is 33.9 Å².